The maximum absolute atomic E-state index is 12.7. The van der Waals surface area contributed by atoms with E-state index in [1.165, 1.54) is 23.3 Å². The minimum Gasteiger partial charge on any atom is -0.207 e. The van der Waals surface area contributed by atoms with Gasteiger partial charge in [-0.3, -0.25) is 0 Å². The molecular formula is C15H19F. The fourth-order valence-electron chi connectivity index (χ4n) is 1.70. The molecule has 0 radical (unpaired) electrons. The maximum Gasteiger partial charge on any atom is 0.123 e. The van der Waals surface area contributed by atoms with Crippen molar-refractivity contribution in [3.63, 3.8) is 0 Å². The summed E-state index contributed by atoms with van der Waals surface area (Å²) >= 11 is 0. The Bertz CT molecular complexity index is 382. The highest BCUT2D eigenvalue weighted by Crippen LogP contribution is 2.24. The summed E-state index contributed by atoms with van der Waals surface area (Å²) in [5, 5.41) is 0. The molecule has 0 N–H and O–H groups in total. The molecule has 0 unspecified atom stereocenters. The van der Waals surface area contributed by atoms with E-state index in [9.17, 15) is 4.39 Å². The van der Waals surface area contributed by atoms with Crippen LogP contribution in [0.1, 0.15) is 39.2 Å². The maximum atomic E-state index is 12.7. The molecule has 0 saturated heterocycles. The number of halogens is 1. The summed E-state index contributed by atoms with van der Waals surface area (Å²) in [4.78, 5) is 0. The van der Waals surface area contributed by atoms with Crippen molar-refractivity contribution in [3.05, 3.63) is 53.4 Å². The highest BCUT2D eigenvalue weighted by atomic mass is 19.1. The molecule has 1 aliphatic carbocycles. The first kappa shape index (κ1) is 12.7. The first-order chi connectivity index (χ1) is 7.75. The Hall–Kier alpha value is -1.37. The van der Waals surface area contributed by atoms with Crippen LogP contribution in [0.15, 0.2) is 42.0 Å². The highest BCUT2D eigenvalue weighted by molar-refractivity contribution is 5.75. The molecule has 1 aromatic carbocycles. The topological polar surface area (TPSA) is 0 Å². The molecule has 1 aliphatic rings. The van der Waals surface area contributed by atoms with Gasteiger partial charge in [0.15, 0.2) is 0 Å². The van der Waals surface area contributed by atoms with Crippen LogP contribution in [0.2, 0.25) is 0 Å². The number of benzene rings is 1. The molecule has 0 nitrogen and oxygen atoms in total. The summed E-state index contributed by atoms with van der Waals surface area (Å²) in [5.41, 5.74) is 3.71. The fourth-order valence-corrected chi connectivity index (χ4v) is 1.70. The predicted molar refractivity (Wildman–Crippen MR) is 68.7 cm³/mol. The second-order valence-corrected chi connectivity index (χ2v) is 3.70. The molecule has 0 aliphatic heterocycles. The summed E-state index contributed by atoms with van der Waals surface area (Å²) in [6, 6.07) is 6.68. The van der Waals surface area contributed by atoms with Crippen LogP contribution < -0.4 is 0 Å². The van der Waals surface area contributed by atoms with Gasteiger partial charge in [0.2, 0.25) is 0 Å². The van der Waals surface area contributed by atoms with Gasteiger partial charge in [0.05, 0.1) is 0 Å². The van der Waals surface area contributed by atoms with Gasteiger partial charge in [-0.2, -0.15) is 0 Å². The van der Waals surface area contributed by atoms with E-state index in [2.05, 4.69) is 19.1 Å². The third-order valence-corrected chi connectivity index (χ3v) is 2.48. The van der Waals surface area contributed by atoms with E-state index in [1.807, 2.05) is 26.0 Å². The SMILES string of the molecule is CC.CC1=CC(c2ccc(F)cc2)=CCC1. The Labute approximate surface area is 97.5 Å². The monoisotopic (exact) mass is 218 g/mol. The Morgan fingerprint density at radius 2 is 1.69 bits per heavy atom. The Balaban J connectivity index is 0.000000606. The van der Waals surface area contributed by atoms with Crippen molar-refractivity contribution < 1.29 is 4.39 Å². The van der Waals surface area contributed by atoms with Crippen molar-refractivity contribution in [2.75, 3.05) is 0 Å². The number of allylic oxidation sites excluding steroid dienone is 4. The lowest BCUT2D eigenvalue weighted by Gasteiger charge is -2.10. The Morgan fingerprint density at radius 1 is 1.06 bits per heavy atom. The lowest BCUT2D eigenvalue weighted by molar-refractivity contribution is 0.627. The van der Waals surface area contributed by atoms with Crippen molar-refractivity contribution >= 4 is 5.57 Å². The first-order valence-corrected chi connectivity index (χ1v) is 5.89. The van der Waals surface area contributed by atoms with Gasteiger partial charge in [-0.25, -0.2) is 4.39 Å². The van der Waals surface area contributed by atoms with E-state index in [1.54, 1.807) is 0 Å². The molecule has 86 valence electrons. The molecule has 0 spiro atoms. The zero-order valence-electron chi connectivity index (χ0n) is 10.3. The van der Waals surface area contributed by atoms with Gasteiger partial charge in [-0.05, 0) is 43.0 Å². The third-order valence-electron chi connectivity index (χ3n) is 2.48. The molecule has 0 aromatic heterocycles. The number of rotatable bonds is 1. The average Bonchev–Trinajstić information content (AvgIpc) is 2.32. The summed E-state index contributed by atoms with van der Waals surface area (Å²) in [5.74, 6) is -0.175. The van der Waals surface area contributed by atoms with Crippen molar-refractivity contribution in [2.45, 2.75) is 33.6 Å². The van der Waals surface area contributed by atoms with Crippen LogP contribution in [0.3, 0.4) is 0 Å². The molecule has 0 fully saturated rings. The van der Waals surface area contributed by atoms with E-state index in [-0.39, 0.29) is 5.82 Å². The van der Waals surface area contributed by atoms with Gasteiger partial charge >= 0.3 is 0 Å². The zero-order valence-corrected chi connectivity index (χ0v) is 10.3. The lowest BCUT2D eigenvalue weighted by atomic mass is 9.95. The minimum absolute atomic E-state index is 0.175. The molecule has 0 atom stereocenters. The lowest BCUT2D eigenvalue weighted by Crippen LogP contribution is -1.89. The number of hydrogen-bond acceptors (Lipinski definition) is 0. The third kappa shape index (κ3) is 3.34. The normalized spacial score (nSPS) is 14.5. The van der Waals surface area contributed by atoms with E-state index in [0.717, 1.165) is 18.4 Å². The molecular weight excluding hydrogens is 199 g/mol. The standard InChI is InChI=1S/C13H13F.C2H6/c1-10-3-2-4-12(9-10)11-5-7-13(14)8-6-11;1-2/h4-9H,2-3H2,1H3;1-2H3. The quantitative estimate of drug-likeness (QED) is 0.624. The van der Waals surface area contributed by atoms with Gasteiger partial charge in [-0.1, -0.05) is 43.7 Å². The molecule has 1 aromatic rings. The Morgan fingerprint density at radius 3 is 2.25 bits per heavy atom. The molecule has 0 bridgehead atoms. The van der Waals surface area contributed by atoms with Gasteiger partial charge in [0.25, 0.3) is 0 Å². The van der Waals surface area contributed by atoms with Crippen LogP contribution in [0.5, 0.6) is 0 Å². The highest BCUT2D eigenvalue weighted by Gasteiger charge is 2.03. The molecule has 16 heavy (non-hydrogen) atoms. The van der Waals surface area contributed by atoms with Gasteiger partial charge in [-0.15, -0.1) is 0 Å². The zero-order chi connectivity index (χ0) is 12.0. The van der Waals surface area contributed by atoms with E-state index in [0.29, 0.717) is 0 Å². The molecule has 0 saturated carbocycles. The molecule has 0 amide bonds. The van der Waals surface area contributed by atoms with Gasteiger partial charge in [0.1, 0.15) is 5.82 Å². The van der Waals surface area contributed by atoms with Crippen LogP contribution >= 0.6 is 0 Å². The van der Waals surface area contributed by atoms with E-state index in [4.69, 9.17) is 0 Å². The van der Waals surface area contributed by atoms with Crippen LogP contribution in [-0.2, 0) is 0 Å². The molecule has 1 heteroatoms. The molecule has 0 heterocycles. The predicted octanol–water partition coefficient (Wildman–Crippen LogP) is 4.98. The number of hydrogen-bond donors (Lipinski definition) is 0. The van der Waals surface area contributed by atoms with Crippen molar-refractivity contribution in [3.8, 4) is 0 Å². The largest absolute Gasteiger partial charge is 0.207 e. The van der Waals surface area contributed by atoms with Crippen molar-refractivity contribution in [1.82, 2.24) is 0 Å². The van der Waals surface area contributed by atoms with Crippen molar-refractivity contribution in [2.24, 2.45) is 0 Å². The van der Waals surface area contributed by atoms with Crippen LogP contribution in [-0.4, -0.2) is 0 Å². The van der Waals surface area contributed by atoms with Gasteiger partial charge in [0, 0.05) is 0 Å². The first-order valence-electron chi connectivity index (χ1n) is 5.89. The second-order valence-electron chi connectivity index (χ2n) is 3.70. The van der Waals surface area contributed by atoms with E-state index >= 15 is 0 Å². The minimum atomic E-state index is -0.175. The second kappa shape index (κ2) is 6.26. The summed E-state index contributed by atoms with van der Waals surface area (Å²) in [7, 11) is 0. The van der Waals surface area contributed by atoms with Gasteiger partial charge < -0.3 is 0 Å². The molecule has 2 rings (SSSR count). The summed E-state index contributed by atoms with van der Waals surface area (Å²) < 4.78 is 12.7. The summed E-state index contributed by atoms with van der Waals surface area (Å²) in [6.45, 7) is 6.14. The van der Waals surface area contributed by atoms with Crippen LogP contribution in [0.25, 0.3) is 5.57 Å². The fraction of sp³-hybridized carbons (Fsp3) is 0.333. The van der Waals surface area contributed by atoms with Crippen LogP contribution in [0.4, 0.5) is 4.39 Å². The van der Waals surface area contributed by atoms with E-state index < -0.39 is 0 Å². The summed E-state index contributed by atoms with van der Waals surface area (Å²) in [6.07, 6.45) is 6.62. The van der Waals surface area contributed by atoms with Crippen molar-refractivity contribution in [1.29, 1.82) is 0 Å². The Kier molecular flexibility index (Phi) is 4.97. The average molecular weight is 218 g/mol. The smallest absolute Gasteiger partial charge is 0.123 e. The van der Waals surface area contributed by atoms with Crippen LogP contribution in [0, 0.1) is 5.82 Å².